The average molecular weight is 567 g/mol. The number of methoxy groups -OCH3 is 1. The zero-order chi connectivity index (χ0) is 28.6. The van der Waals surface area contributed by atoms with Gasteiger partial charge in [-0.25, -0.2) is 4.98 Å². The molecule has 39 heavy (non-hydrogen) atoms. The van der Waals surface area contributed by atoms with E-state index in [1.807, 2.05) is 43.3 Å². The Morgan fingerprint density at radius 2 is 1.92 bits per heavy atom. The van der Waals surface area contributed by atoms with Crippen LogP contribution in [0.3, 0.4) is 0 Å². The quantitative estimate of drug-likeness (QED) is 0.172. The molecular formula is C28H32ClN6O3P. The van der Waals surface area contributed by atoms with Crippen molar-refractivity contribution in [3.8, 4) is 17.6 Å². The number of nitrogens with one attached hydrogen (secondary N) is 3. The minimum atomic E-state index is -2.56. The third kappa shape index (κ3) is 8.33. The maximum absolute atomic E-state index is 12.8. The number of carbonyl (C=O) groups is 1. The highest BCUT2D eigenvalue weighted by molar-refractivity contribution is 7.70. The molecule has 0 bridgehead atoms. The fourth-order valence-electron chi connectivity index (χ4n) is 3.49. The number of rotatable bonds is 10. The molecule has 204 valence electrons. The number of nitrogens with zero attached hydrogens (tertiary/aromatic N) is 3. The van der Waals surface area contributed by atoms with Gasteiger partial charge in [-0.1, -0.05) is 42.2 Å². The van der Waals surface area contributed by atoms with Crippen molar-refractivity contribution in [2.75, 3.05) is 57.0 Å². The molecule has 0 aliphatic carbocycles. The summed E-state index contributed by atoms with van der Waals surface area (Å²) < 4.78 is 18.4. The van der Waals surface area contributed by atoms with E-state index in [1.165, 1.54) is 19.4 Å². The van der Waals surface area contributed by atoms with Gasteiger partial charge in [0.2, 0.25) is 11.9 Å². The van der Waals surface area contributed by atoms with Gasteiger partial charge in [0.1, 0.15) is 17.9 Å². The van der Waals surface area contributed by atoms with E-state index in [2.05, 4.69) is 44.3 Å². The van der Waals surface area contributed by atoms with Crippen molar-refractivity contribution in [2.24, 2.45) is 0 Å². The molecule has 1 heterocycles. The summed E-state index contributed by atoms with van der Waals surface area (Å²) in [6.45, 7) is 7.74. The first-order valence-electron chi connectivity index (χ1n) is 12.0. The zero-order valence-corrected chi connectivity index (χ0v) is 24.3. The summed E-state index contributed by atoms with van der Waals surface area (Å²) in [5.41, 5.74) is 2.20. The van der Waals surface area contributed by atoms with Gasteiger partial charge in [-0.2, -0.15) is 4.98 Å². The second kappa shape index (κ2) is 13.3. The predicted molar refractivity (Wildman–Crippen MR) is 161 cm³/mol. The monoisotopic (exact) mass is 566 g/mol. The van der Waals surface area contributed by atoms with Crippen LogP contribution in [0.15, 0.2) is 55.3 Å². The Morgan fingerprint density at radius 1 is 1.18 bits per heavy atom. The van der Waals surface area contributed by atoms with Gasteiger partial charge in [-0.05, 0) is 51.7 Å². The Kier molecular flexibility index (Phi) is 10.1. The number of aromatic nitrogens is 2. The summed E-state index contributed by atoms with van der Waals surface area (Å²) in [5.74, 6) is 6.88. The third-order valence-corrected chi connectivity index (χ3v) is 7.24. The number of halogens is 1. The first kappa shape index (κ1) is 29.7. The van der Waals surface area contributed by atoms with Gasteiger partial charge in [-0.15, -0.1) is 0 Å². The van der Waals surface area contributed by atoms with E-state index in [0.717, 1.165) is 6.54 Å². The summed E-state index contributed by atoms with van der Waals surface area (Å²) >= 11 is 6.39. The number of amides is 1. The molecule has 0 radical (unpaired) electrons. The molecule has 1 aromatic heterocycles. The van der Waals surface area contributed by atoms with Crippen molar-refractivity contribution in [2.45, 2.75) is 6.42 Å². The highest BCUT2D eigenvalue weighted by Crippen LogP contribution is 2.39. The van der Waals surface area contributed by atoms with Crippen LogP contribution in [0.4, 0.5) is 28.8 Å². The van der Waals surface area contributed by atoms with Crippen LogP contribution in [0.1, 0.15) is 12.0 Å². The van der Waals surface area contributed by atoms with E-state index in [0.29, 0.717) is 45.9 Å². The van der Waals surface area contributed by atoms with Crippen LogP contribution >= 0.6 is 18.7 Å². The van der Waals surface area contributed by atoms with E-state index in [-0.39, 0.29) is 16.9 Å². The molecule has 0 fully saturated rings. The predicted octanol–water partition coefficient (Wildman–Crippen LogP) is 5.30. The largest absolute Gasteiger partial charge is 0.495 e. The number of hydrogen-bond donors (Lipinski definition) is 3. The van der Waals surface area contributed by atoms with Crippen LogP contribution in [-0.4, -0.2) is 61.9 Å². The number of benzene rings is 2. The lowest BCUT2D eigenvalue weighted by Crippen LogP contribution is -2.12. The molecule has 9 nitrogen and oxygen atoms in total. The van der Waals surface area contributed by atoms with Crippen molar-refractivity contribution in [1.82, 2.24) is 14.9 Å². The summed E-state index contributed by atoms with van der Waals surface area (Å²) in [6, 6.07) is 10.7. The van der Waals surface area contributed by atoms with Crippen molar-refractivity contribution in [3.05, 3.63) is 65.8 Å². The highest BCUT2D eigenvalue weighted by atomic mass is 35.5. The minimum absolute atomic E-state index is 0.222. The Balaban J connectivity index is 1.97. The van der Waals surface area contributed by atoms with Crippen LogP contribution in [0.25, 0.3) is 0 Å². The van der Waals surface area contributed by atoms with Crippen LogP contribution in [-0.2, 0) is 9.36 Å². The number of ether oxygens (including phenoxy) is 1. The topological polar surface area (TPSA) is 108 Å². The smallest absolute Gasteiger partial charge is 0.247 e. The van der Waals surface area contributed by atoms with Gasteiger partial charge in [0.25, 0.3) is 0 Å². The molecule has 0 aliphatic heterocycles. The third-order valence-electron chi connectivity index (χ3n) is 5.42. The van der Waals surface area contributed by atoms with Gasteiger partial charge in [0.15, 0.2) is 5.82 Å². The van der Waals surface area contributed by atoms with Gasteiger partial charge < -0.3 is 30.2 Å². The van der Waals surface area contributed by atoms with E-state index in [4.69, 9.17) is 16.3 Å². The summed E-state index contributed by atoms with van der Waals surface area (Å²) in [4.78, 5) is 23.0. The SMILES string of the molecule is C=CC(=O)Nc1cc(Nc2ncc(Cl)c(Nc3ccccc3P(C)(C)=O)n2)c(OC)cc1C#CCCN(C)C. The number of hydrogen-bond acceptors (Lipinski definition) is 8. The molecule has 0 unspecified atom stereocenters. The maximum Gasteiger partial charge on any atom is 0.247 e. The second-order valence-corrected chi connectivity index (χ2v) is 12.7. The van der Waals surface area contributed by atoms with Crippen molar-refractivity contribution in [3.63, 3.8) is 0 Å². The van der Waals surface area contributed by atoms with Crippen molar-refractivity contribution in [1.29, 1.82) is 0 Å². The Morgan fingerprint density at radius 3 is 2.59 bits per heavy atom. The lowest BCUT2D eigenvalue weighted by atomic mass is 10.1. The van der Waals surface area contributed by atoms with Crippen LogP contribution < -0.4 is 26.0 Å². The zero-order valence-electron chi connectivity index (χ0n) is 22.6. The van der Waals surface area contributed by atoms with Gasteiger partial charge in [0.05, 0.1) is 35.9 Å². The highest BCUT2D eigenvalue weighted by Gasteiger charge is 2.18. The summed E-state index contributed by atoms with van der Waals surface area (Å²) in [7, 11) is 2.93. The van der Waals surface area contributed by atoms with Crippen molar-refractivity contribution >= 4 is 58.8 Å². The number of anilines is 5. The first-order valence-corrected chi connectivity index (χ1v) is 15.0. The summed E-state index contributed by atoms with van der Waals surface area (Å²) in [6.07, 6.45) is 3.30. The van der Waals surface area contributed by atoms with Crippen LogP contribution in [0.2, 0.25) is 5.02 Å². The lowest BCUT2D eigenvalue weighted by molar-refractivity contribution is -0.111. The molecular weight excluding hydrogens is 535 g/mol. The molecule has 3 aromatic rings. The summed E-state index contributed by atoms with van der Waals surface area (Å²) in [5, 5.41) is 10.1. The average Bonchev–Trinajstić information content (AvgIpc) is 2.89. The van der Waals surface area contributed by atoms with Gasteiger partial charge in [0, 0.05) is 24.3 Å². The molecule has 0 saturated heterocycles. The van der Waals surface area contributed by atoms with E-state index < -0.39 is 7.14 Å². The molecule has 1 amide bonds. The first-order chi connectivity index (χ1) is 18.5. The van der Waals surface area contributed by atoms with E-state index >= 15 is 0 Å². The normalized spacial score (nSPS) is 10.8. The second-order valence-electron chi connectivity index (χ2n) is 9.15. The molecule has 2 aromatic carbocycles. The molecule has 0 spiro atoms. The molecule has 3 N–H and O–H groups in total. The number of carbonyl (C=O) groups excluding carboxylic acids is 1. The Labute approximate surface area is 234 Å². The number of para-hydroxylation sites is 1. The Bertz CT molecular complexity index is 1480. The molecule has 0 saturated carbocycles. The Hall–Kier alpha value is -3.83. The standard InChI is InChI=1S/C28H32ClN6O3P/c1-7-26(36)31-22-17-23(24(38-4)16-19(22)12-10-11-15-35(2)3)33-28-30-18-20(29)27(34-28)32-21-13-8-9-14-25(21)39(5,6)37/h7-9,13-14,16-18H,1,11,15H2,2-6H3,(H,31,36)(H2,30,32,33,34). The minimum Gasteiger partial charge on any atom is -0.495 e. The lowest BCUT2D eigenvalue weighted by Gasteiger charge is -2.17. The van der Waals surface area contributed by atoms with Crippen molar-refractivity contribution < 1.29 is 14.1 Å². The fraction of sp³-hybridized carbons (Fsp3) is 0.250. The van der Waals surface area contributed by atoms with Crippen LogP contribution in [0.5, 0.6) is 5.75 Å². The van der Waals surface area contributed by atoms with E-state index in [9.17, 15) is 9.36 Å². The van der Waals surface area contributed by atoms with Gasteiger partial charge >= 0.3 is 0 Å². The maximum atomic E-state index is 12.8. The van der Waals surface area contributed by atoms with Crippen LogP contribution in [0, 0.1) is 11.8 Å². The molecule has 0 atom stereocenters. The van der Waals surface area contributed by atoms with E-state index in [1.54, 1.807) is 25.5 Å². The molecule has 11 heteroatoms. The van der Waals surface area contributed by atoms with Gasteiger partial charge in [-0.3, -0.25) is 4.79 Å². The molecule has 0 aliphatic rings. The molecule has 3 rings (SSSR count). The fourth-order valence-corrected chi connectivity index (χ4v) is 4.78.